The van der Waals surface area contributed by atoms with E-state index < -0.39 is 0 Å². The molecule has 4 aliphatic rings. The quantitative estimate of drug-likeness (QED) is 0.607. The van der Waals surface area contributed by atoms with Crippen LogP contribution in [0.25, 0.3) is 0 Å². The molecule has 2 aromatic rings. The maximum Gasteiger partial charge on any atom is 0.320 e. The number of hydrogen-bond donors (Lipinski definition) is 0. The van der Waals surface area contributed by atoms with Crippen molar-refractivity contribution in [3.63, 3.8) is 0 Å². The molecule has 6 heteroatoms. The summed E-state index contributed by atoms with van der Waals surface area (Å²) in [6.45, 7) is 11.8. The predicted octanol–water partition coefficient (Wildman–Crippen LogP) is 4.98. The topological polar surface area (TPSA) is 61.7 Å². The van der Waals surface area contributed by atoms with Gasteiger partial charge in [0.1, 0.15) is 5.69 Å². The number of likely N-dealkylation sites (tertiary alicyclic amines) is 2. The van der Waals surface area contributed by atoms with E-state index in [1.807, 2.05) is 19.3 Å². The number of fused-ring (bicyclic) bond motifs is 5. The van der Waals surface area contributed by atoms with Gasteiger partial charge in [-0.3, -0.25) is 15.0 Å². The minimum absolute atomic E-state index is 0.00842. The Labute approximate surface area is 202 Å². The molecule has 1 aromatic carbocycles. The third-order valence-corrected chi connectivity index (χ3v) is 9.36. The van der Waals surface area contributed by atoms with Gasteiger partial charge >= 0.3 is 6.03 Å². The minimum atomic E-state index is -0.00842. The molecule has 6 nitrogen and oxygen atoms in total. The van der Waals surface area contributed by atoms with Gasteiger partial charge in [0.2, 0.25) is 0 Å². The van der Waals surface area contributed by atoms with Crippen molar-refractivity contribution in [3.05, 3.63) is 52.6 Å². The average Bonchev–Trinajstić information content (AvgIpc) is 3.24. The van der Waals surface area contributed by atoms with Crippen molar-refractivity contribution in [2.24, 2.45) is 10.4 Å². The van der Waals surface area contributed by atoms with Crippen molar-refractivity contribution < 1.29 is 4.79 Å². The number of amides is 2. The van der Waals surface area contributed by atoms with Crippen LogP contribution in [0.4, 0.5) is 10.5 Å². The van der Waals surface area contributed by atoms with Gasteiger partial charge in [-0.25, -0.2) is 4.79 Å². The van der Waals surface area contributed by atoms with Crippen LogP contribution in [-0.4, -0.2) is 57.2 Å². The monoisotopic (exact) mass is 457 g/mol. The molecule has 2 bridgehead atoms. The van der Waals surface area contributed by atoms with Gasteiger partial charge in [0.15, 0.2) is 0 Å². The number of rotatable bonds is 1. The fourth-order valence-electron chi connectivity index (χ4n) is 6.80. The number of benzene rings is 1. The second kappa shape index (κ2) is 7.62. The number of carbonyl (C=O) groups is 1. The number of urea groups is 1. The minimum Gasteiger partial charge on any atom is -0.325 e. The van der Waals surface area contributed by atoms with Crippen LogP contribution in [0.15, 0.2) is 29.5 Å². The Balaban J connectivity index is 1.35. The second-order valence-corrected chi connectivity index (χ2v) is 11.5. The number of aliphatic imine (C=N–C) groups is 1. The van der Waals surface area contributed by atoms with E-state index in [0.29, 0.717) is 0 Å². The molecule has 1 aromatic heterocycles. The van der Waals surface area contributed by atoms with Crippen LogP contribution in [0, 0.1) is 12.3 Å². The second-order valence-electron chi connectivity index (χ2n) is 11.5. The van der Waals surface area contributed by atoms with Crippen molar-refractivity contribution in [1.82, 2.24) is 19.8 Å². The fraction of sp³-hybridized carbons (Fsp3) is 0.571. The number of carbonyl (C=O) groups excluding carboxylic acids is 1. The van der Waals surface area contributed by atoms with Gasteiger partial charge in [-0.2, -0.15) is 0 Å². The first-order valence-electron chi connectivity index (χ1n) is 12.9. The fourth-order valence-corrected chi connectivity index (χ4v) is 6.80. The summed E-state index contributed by atoms with van der Waals surface area (Å²) in [5.74, 6) is 0. The normalized spacial score (nSPS) is 27.2. The van der Waals surface area contributed by atoms with Crippen LogP contribution in [0.2, 0.25) is 0 Å². The van der Waals surface area contributed by atoms with Gasteiger partial charge in [-0.15, -0.1) is 0 Å². The van der Waals surface area contributed by atoms with Crippen LogP contribution in [0.1, 0.15) is 74.5 Å². The Bertz CT molecular complexity index is 1180. The largest absolute Gasteiger partial charge is 0.325 e. The van der Waals surface area contributed by atoms with Gasteiger partial charge in [-0.1, -0.05) is 26.8 Å². The summed E-state index contributed by atoms with van der Waals surface area (Å²) in [4.78, 5) is 31.9. The number of aryl methyl sites for hydroxylation is 1. The standard InChI is InChI=1S/C28H35N5O/c1-18-16-30-24(17-29-18)23-13-20-12-19-14-25-27(2,3)28(4,21(19)15-22(20)31-23)8-11-33(25)26(34)32-9-6-5-7-10-32/h12,15-17,25H,5-11,13-14H2,1-4H3/t25-,28+/m1/s1. The van der Waals surface area contributed by atoms with Crippen molar-refractivity contribution in [2.75, 3.05) is 19.6 Å². The van der Waals surface area contributed by atoms with Crippen molar-refractivity contribution in [2.45, 2.75) is 77.7 Å². The van der Waals surface area contributed by atoms with E-state index in [-0.39, 0.29) is 22.9 Å². The van der Waals surface area contributed by atoms with E-state index in [9.17, 15) is 4.79 Å². The molecule has 0 N–H and O–H groups in total. The van der Waals surface area contributed by atoms with Gasteiger partial charge in [-0.05, 0) is 67.2 Å². The lowest BCUT2D eigenvalue weighted by molar-refractivity contribution is -0.0242. The van der Waals surface area contributed by atoms with Crippen LogP contribution < -0.4 is 0 Å². The number of piperidine rings is 2. The SMILES string of the molecule is Cc1cnc(C2=Nc3cc4c(cc3C2)C[C@H]2N(C(=O)N3CCCCC3)CC[C@]4(C)C2(C)C)cn1. The lowest BCUT2D eigenvalue weighted by Crippen LogP contribution is -2.66. The van der Waals surface area contributed by atoms with E-state index >= 15 is 0 Å². The summed E-state index contributed by atoms with van der Waals surface area (Å²) in [6, 6.07) is 5.20. The highest BCUT2D eigenvalue weighted by Crippen LogP contribution is 2.57. The van der Waals surface area contributed by atoms with Crippen molar-refractivity contribution in [1.29, 1.82) is 0 Å². The van der Waals surface area contributed by atoms with E-state index in [4.69, 9.17) is 4.99 Å². The Kier molecular flexibility index (Phi) is 4.88. The third-order valence-electron chi connectivity index (χ3n) is 9.36. The van der Waals surface area contributed by atoms with Crippen LogP contribution in [-0.2, 0) is 18.3 Å². The Hall–Kier alpha value is -2.76. The molecule has 6 rings (SSSR count). The summed E-state index contributed by atoms with van der Waals surface area (Å²) in [7, 11) is 0. The highest BCUT2D eigenvalue weighted by molar-refractivity contribution is 6.05. The van der Waals surface area contributed by atoms with E-state index in [1.54, 1.807) is 0 Å². The molecule has 0 radical (unpaired) electrons. The van der Waals surface area contributed by atoms with Gasteiger partial charge in [0, 0.05) is 43.7 Å². The number of hydrogen-bond acceptors (Lipinski definition) is 4. The number of aromatic nitrogens is 2. The first-order valence-corrected chi connectivity index (χ1v) is 12.9. The summed E-state index contributed by atoms with van der Waals surface area (Å²) in [5.41, 5.74) is 7.96. The molecule has 178 valence electrons. The highest BCUT2D eigenvalue weighted by atomic mass is 16.2. The molecule has 2 saturated heterocycles. The molecular formula is C28H35N5O. The zero-order chi connectivity index (χ0) is 23.7. The average molecular weight is 458 g/mol. The highest BCUT2D eigenvalue weighted by Gasteiger charge is 2.57. The third kappa shape index (κ3) is 3.14. The summed E-state index contributed by atoms with van der Waals surface area (Å²) in [5, 5.41) is 0. The Morgan fingerprint density at radius 1 is 1.00 bits per heavy atom. The smallest absolute Gasteiger partial charge is 0.320 e. The van der Waals surface area contributed by atoms with Gasteiger partial charge in [0.25, 0.3) is 0 Å². The number of nitrogens with zero attached hydrogens (tertiary/aromatic N) is 5. The van der Waals surface area contributed by atoms with Crippen molar-refractivity contribution in [3.8, 4) is 0 Å². The summed E-state index contributed by atoms with van der Waals surface area (Å²) in [6.07, 6.45) is 9.86. The molecule has 0 saturated carbocycles. The van der Waals surface area contributed by atoms with Crippen LogP contribution >= 0.6 is 0 Å². The molecule has 3 aliphatic heterocycles. The maximum absolute atomic E-state index is 13.6. The molecular weight excluding hydrogens is 422 g/mol. The lowest BCUT2D eigenvalue weighted by atomic mass is 9.51. The Morgan fingerprint density at radius 3 is 2.53 bits per heavy atom. The maximum atomic E-state index is 13.6. The summed E-state index contributed by atoms with van der Waals surface area (Å²) < 4.78 is 0. The molecule has 4 heterocycles. The van der Waals surface area contributed by atoms with Crippen LogP contribution in [0.3, 0.4) is 0 Å². The van der Waals surface area contributed by atoms with Crippen molar-refractivity contribution >= 4 is 17.4 Å². The predicted molar refractivity (Wildman–Crippen MR) is 134 cm³/mol. The van der Waals surface area contributed by atoms with E-state index in [2.05, 4.69) is 52.7 Å². The summed E-state index contributed by atoms with van der Waals surface area (Å²) >= 11 is 0. The zero-order valence-electron chi connectivity index (χ0n) is 20.9. The first-order chi connectivity index (χ1) is 16.3. The Morgan fingerprint density at radius 2 is 1.79 bits per heavy atom. The molecule has 0 spiro atoms. The molecule has 0 unspecified atom stereocenters. The van der Waals surface area contributed by atoms with E-state index in [0.717, 1.165) is 74.5 Å². The molecule has 1 aliphatic carbocycles. The molecule has 2 fully saturated rings. The molecule has 34 heavy (non-hydrogen) atoms. The van der Waals surface area contributed by atoms with E-state index in [1.165, 1.54) is 23.1 Å². The van der Waals surface area contributed by atoms with Crippen LogP contribution in [0.5, 0.6) is 0 Å². The van der Waals surface area contributed by atoms with Gasteiger partial charge < -0.3 is 9.80 Å². The molecule has 2 amide bonds. The van der Waals surface area contributed by atoms with Gasteiger partial charge in [0.05, 0.1) is 23.3 Å². The lowest BCUT2D eigenvalue weighted by Gasteiger charge is -2.61. The first kappa shape index (κ1) is 21.8. The zero-order valence-corrected chi connectivity index (χ0v) is 20.9. The molecule has 2 atom stereocenters.